The standard InChI is InChI=1S/C7H13IN2O/c1-4(2)11-7(10)6(8)5(3)9/h4,10H,9H2,1-3H3/b6-5+,10-7?. The monoisotopic (exact) mass is 268 g/mol. The van der Waals surface area contributed by atoms with E-state index in [-0.39, 0.29) is 12.0 Å². The topological polar surface area (TPSA) is 59.1 Å². The zero-order chi connectivity index (χ0) is 9.02. The van der Waals surface area contributed by atoms with Gasteiger partial charge in [-0.3, -0.25) is 5.41 Å². The molecule has 0 aromatic carbocycles. The summed E-state index contributed by atoms with van der Waals surface area (Å²) in [6.45, 7) is 5.51. The first-order chi connectivity index (χ1) is 4.95. The molecule has 0 bridgehead atoms. The predicted molar refractivity (Wildman–Crippen MR) is 54.9 cm³/mol. The van der Waals surface area contributed by atoms with E-state index < -0.39 is 0 Å². The molecule has 0 radical (unpaired) electrons. The Kier molecular flexibility index (Phi) is 4.48. The molecule has 0 aliphatic rings. The molecule has 0 saturated heterocycles. The van der Waals surface area contributed by atoms with E-state index in [0.717, 1.165) is 0 Å². The van der Waals surface area contributed by atoms with Gasteiger partial charge in [0.2, 0.25) is 5.90 Å². The van der Waals surface area contributed by atoms with Gasteiger partial charge in [-0.15, -0.1) is 0 Å². The van der Waals surface area contributed by atoms with Crippen LogP contribution in [0.3, 0.4) is 0 Å². The van der Waals surface area contributed by atoms with Gasteiger partial charge in [-0.25, -0.2) is 0 Å². The van der Waals surface area contributed by atoms with E-state index in [1.54, 1.807) is 6.92 Å². The van der Waals surface area contributed by atoms with E-state index in [4.69, 9.17) is 15.9 Å². The van der Waals surface area contributed by atoms with Crippen LogP contribution in [0.4, 0.5) is 0 Å². The molecule has 0 aromatic rings. The smallest absolute Gasteiger partial charge is 0.221 e. The highest BCUT2D eigenvalue weighted by Crippen LogP contribution is 2.12. The van der Waals surface area contributed by atoms with Gasteiger partial charge in [-0.05, 0) is 43.4 Å². The number of halogens is 1. The van der Waals surface area contributed by atoms with Crippen LogP contribution in [0.5, 0.6) is 0 Å². The lowest BCUT2D eigenvalue weighted by Crippen LogP contribution is -2.12. The van der Waals surface area contributed by atoms with Crippen LogP contribution in [0, 0.1) is 5.41 Å². The van der Waals surface area contributed by atoms with E-state index in [2.05, 4.69) is 0 Å². The second kappa shape index (κ2) is 4.58. The summed E-state index contributed by atoms with van der Waals surface area (Å²) >= 11 is 2.00. The molecule has 0 aromatic heterocycles. The van der Waals surface area contributed by atoms with E-state index in [1.807, 2.05) is 36.4 Å². The number of allylic oxidation sites excluding steroid dienone is 1. The van der Waals surface area contributed by atoms with Crippen molar-refractivity contribution in [3.63, 3.8) is 0 Å². The first-order valence-electron chi connectivity index (χ1n) is 3.32. The summed E-state index contributed by atoms with van der Waals surface area (Å²) in [4.78, 5) is 0. The molecule has 0 heterocycles. The van der Waals surface area contributed by atoms with Gasteiger partial charge in [0.15, 0.2) is 0 Å². The summed E-state index contributed by atoms with van der Waals surface area (Å²) < 4.78 is 5.79. The van der Waals surface area contributed by atoms with Crippen LogP contribution in [0.25, 0.3) is 0 Å². The zero-order valence-electron chi connectivity index (χ0n) is 6.94. The third-order valence-corrected chi connectivity index (χ3v) is 2.24. The Morgan fingerprint density at radius 2 is 2.00 bits per heavy atom. The van der Waals surface area contributed by atoms with Gasteiger partial charge >= 0.3 is 0 Å². The minimum absolute atomic E-state index is 0.0339. The van der Waals surface area contributed by atoms with Crippen LogP contribution in [-0.2, 0) is 4.74 Å². The van der Waals surface area contributed by atoms with Gasteiger partial charge in [-0.2, -0.15) is 0 Å². The molecule has 0 fully saturated rings. The summed E-state index contributed by atoms with van der Waals surface area (Å²) in [7, 11) is 0. The highest BCUT2D eigenvalue weighted by atomic mass is 127. The third-order valence-electron chi connectivity index (χ3n) is 0.899. The first-order valence-corrected chi connectivity index (χ1v) is 4.40. The molecule has 0 amide bonds. The Morgan fingerprint density at radius 1 is 1.55 bits per heavy atom. The van der Waals surface area contributed by atoms with Gasteiger partial charge in [0, 0.05) is 5.70 Å². The Bertz CT molecular complexity index is 183. The Hall–Kier alpha value is -0.260. The highest BCUT2D eigenvalue weighted by Gasteiger charge is 2.06. The summed E-state index contributed by atoms with van der Waals surface area (Å²) in [5.41, 5.74) is 6.09. The molecule has 3 N–H and O–H groups in total. The minimum Gasteiger partial charge on any atom is -0.475 e. The number of hydrogen-bond acceptors (Lipinski definition) is 3. The summed E-state index contributed by atoms with van der Waals surface area (Å²) in [5, 5.41) is 7.39. The maximum Gasteiger partial charge on any atom is 0.221 e. The van der Waals surface area contributed by atoms with Crippen LogP contribution < -0.4 is 5.73 Å². The molecule has 0 saturated carbocycles. The van der Waals surface area contributed by atoms with Crippen molar-refractivity contribution in [1.82, 2.24) is 0 Å². The lowest BCUT2D eigenvalue weighted by atomic mass is 10.4. The molecule has 64 valence electrons. The molecule has 0 spiro atoms. The number of rotatable bonds is 2. The lowest BCUT2D eigenvalue weighted by Gasteiger charge is -2.10. The van der Waals surface area contributed by atoms with Gasteiger partial charge in [0.05, 0.1) is 9.68 Å². The third kappa shape index (κ3) is 4.23. The molecular weight excluding hydrogens is 255 g/mol. The molecule has 0 unspecified atom stereocenters. The second-order valence-electron chi connectivity index (χ2n) is 2.49. The molecule has 0 aliphatic heterocycles. The number of nitrogens with two attached hydrogens (primary N) is 1. The molecule has 3 nitrogen and oxygen atoms in total. The maximum atomic E-state index is 7.39. The zero-order valence-corrected chi connectivity index (χ0v) is 9.10. The molecule has 11 heavy (non-hydrogen) atoms. The molecular formula is C7H13IN2O. The van der Waals surface area contributed by atoms with Crippen LogP contribution in [0.15, 0.2) is 9.28 Å². The van der Waals surface area contributed by atoms with Crippen molar-refractivity contribution in [3.8, 4) is 0 Å². The van der Waals surface area contributed by atoms with Crippen molar-refractivity contribution >= 4 is 28.5 Å². The first kappa shape index (κ1) is 10.7. The average molecular weight is 268 g/mol. The van der Waals surface area contributed by atoms with Crippen molar-refractivity contribution in [2.24, 2.45) is 5.73 Å². The number of nitrogens with one attached hydrogen (secondary N) is 1. The molecule has 4 heteroatoms. The molecule has 0 aliphatic carbocycles. The minimum atomic E-state index is 0.0339. The SMILES string of the molecule is C/C(N)=C(\I)C(=N)OC(C)C. The van der Waals surface area contributed by atoms with Crippen LogP contribution >= 0.6 is 22.6 Å². The largest absolute Gasteiger partial charge is 0.475 e. The Morgan fingerprint density at radius 3 is 2.27 bits per heavy atom. The fraction of sp³-hybridized carbons (Fsp3) is 0.571. The Labute approximate surface area is 80.6 Å². The quantitative estimate of drug-likeness (QED) is 0.457. The van der Waals surface area contributed by atoms with Gasteiger partial charge in [0.1, 0.15) is 0 Å². The van der Waals surface area contributed by atoms with Gasteiger partial charge in [0.25, 0.3) is 0 Å². The van der Waals surface area contributed by atoms with Crippen LogP contribution in [0.2, 0.25) is 0 Å². The fourth-order valence-electron chi connectivity index (χ4n) is 0.467. The molecule has 0 rings (SSSR count). The van der Waals surface area contributed by atoms with Crippen LogP contribution in [0.1, 0.15) is 20.8 Å². The summed E-state index contributed by atoms with van der Waals surface area (Å²) in [6, 6.07) is 0. The fourth-order valence-corrected chi connectivity index (χ4v) is 0.594. The average Bonchev–Trinajstić information content (AvgIpc) is 1.84. The number of hydrogen-bond donors (Lipinski definition) is 2. The van der Waals surface area contributed by atoms with E-state index in [9.17, 15) is 0 Å². The van der Waals surface area contributed by atoms with Gasteiger partial charge < -0.3 is 10.5 Å². The van der Waals surface area contributed by atoms with E-state index >= 15 is 0 Å². The lowest BCUT2D eigenvalue weighted by molar-refractivity contribution is 0.228. The van der Waals surface area contributed by atoms with Crippen molar-refractivity contribution in [2.45, 2.75) is 26.9 Å². The van der Waals surface area contributed by atoms with Crippen molar-refractivity contribution < 1.29 is 4.74 Å². The second-order valence-corrected chi connectivity index (χ2v) is 3.57. The van der Waals surface area contributed by atoms with E-state index in [1.165, 1.54) is 0 Å². The normalized spacial score (nSPS) is 12.8. The van der Waals surface area contributed by atoms with Crippen LogP contribution in [-0.4, -0.2) is 12.0 Å². The van der Waals surface area contributed by atoms with Crippen molar-refractivity contribution in [1.29, 1.82) is 5.41 Å². The number of ether oxygens (including phenoxy) is 1. The highest BCUT2D eigenvalue weighted by molar-refractivity contribution is 14.1. The van der Waals surface area contributed by atoms with Gasteiger partial charge in [-0.1, -0.05) is 0 Å². The Balaban J connectivity index is 4.17. The van der Waals surface area contributed by atoms with E-state index in [0.29, 0.717) is 9.28 Å². The summed E-state index contributed by atoms with van der Waals surface area (Å²) in [6.07, 6.45) is 0.0339. The maximum absolute atomic E-state index is 7.39. The predicted octanol–water partition coefficient (Wildman–Crippen LogP) is 2.01. The van der Waals surface area contributed by atoms with Crippen molar-refractivity contribution in [2.75, 3.05) is 0 Å². The van der Waals surface area contributed by atoms with Crippen molar-refractivity contribution in [3.05, 3.63) is 9.28 Å². The summed E-state index contributed by atoms with van der Waals surface area (Å²) in [5.74, 6) is 0.153. The molecule has 0 atom stereocenters.